The van der Waals surface area contributed by atoms with Gasteiger partial charge in [0.15, 0.2) is 0 Å². The number of carboxylic acids is 1. The average molecular weight is 392 g/mol. The van der Waals surface area contributed by atoms with Gasteiger partial charge in [-0.15, -0.1) is 0 Å². The first-order valence-electron chi connectivity index (χ1n) is 10.2. The second-order valence-corrected chi connectivity index (χ2v) is 9.31. The van der Waals surface area contributed by atoms with Crippen molar-refractivity contribution in [2.75, 3.05) is 12.0 Å². The fourth-order valence-electron chi connectivity index (χ4n) is 4.27. The van der Waals surface area contributed by atoms with Gasteiger partial charge < -0.3 is 9.84 Å². The van der Waals surface area contributed by atoms with E-state index < -0.39 is 5.97 Å². The number of ether oxygens (including phenoxy) is 1. The highest BCUT2D eigenvalue weighted by Gasteiger charge is 2.38. The Bertz CT molecular complexity index is 988. The van der Waals surface area contributed by atoms with E-state index in [1.165, 1.54) is 17.5 Å². The number of fused-ring (bicyclic) bond motifs is 2. The van der Waals surface area contributed by atoms with Gasteiger partial charge >= 0.3 is 5.97 Å². The molecule has 5 nitrogen and oxygen atoms in total. The third kappa shape index (κ3) is 3.61. The Balaban J connectivity index is 1.69. The molecule has 1 aliphatic carbocycles. The third-order valence-corrected chi connectivity index (χ3v) is 6.31. The summed E-state index contributed by atoms with van der Waals surface area (Å²) >= 11 is 0. The van der Waals surface area contributed by atoms with Crippen LogP contribution in [0.25, 0.3) is 0 Å². The van der Waals surface area contributed by atoms with Crippen molar-refractivity contribution in [2.24, 2.45) is 5.10 Å². The summed E-state index contributed by atoms with van der Waals surface area (Å²) in [6.45, 7) is 9.86. The lowest BCUT2D eigenvalue weighted by molar-refractivity contribution is 0.0697. The van der Waals surface area contributed by atoms with Crippen LogP contribution in [0.5, 0.6) is 5.75 Å². The van der Waals surface area contributed by atoms with E-state index in [9.17, 15) is 4.79 Å². The smallest absolute Gasteiger partial charge is 0.335 e. The Kier molecular flexibility index (Phi) is 4.64. The van der Waals surface area contributed by atoms with Crippen LogP contribution in [0.2, 0.25) is 0 Å². The molecule has 0 unspecified atom stereocenters. The van der Waals surface area contributed by atoms with Crippen LogP contribution >= 0.6 is 0 Å². The lowest BCUT2D eigenvalue weighted by Crippen LogP contribution is -2.34. The molecule has 2 N–H and O–H groups in total. The Morgan fingerprint density at radius 1 is 1.03 bits per heavy atom. The molecule has 5 heteroatoms. The molecule has 0 radical (unpaired) electrons. The molecule has 0 saturated heterocycles. The Morgan fingerprint density at radius 2 is 1.66 bits per heavy atom. The van der Waals surface area contributed by atoms with Gasteiger partial charge in [-0.3, -0.25) is 5.43 Å². The van der Waals surface area contributed by atoms with Gasteiger partial charge in [0, 0.05) is 12.0 Å². The number of aromatic carboxylic acids is 1. The number of anilines is 1. The Labute approximate surface area is 171 Å². The number of nitrogens with one attached hydrogen (secondary N) is 1. The number of hydrogen-bond donors (Lipinski definition) is 2. The average Bonchev–Trinajstić information content (AvgIpc) is 2.69. The predicted molar refractivity (Wildman–Crippen MR) is 115 cm³/mol. The van der Waals surface area contributed by atoms with E-state index in [1.807, 2.05) is 0 Å². The van der Waals surface area contributed by atoms with Gasteiger partial charge in [-0.05, 0) is 71.2 Å². The zero-order valence-electron chi connectivity index (χ0n) is 17.5. The summed E-state index contributed by atoms with van der Waals surface area (Å²) in [5, 5.41) is 13.7. The predicted octanol–water partition coefficient (Wildman–Crippen LogP) is 5.33. The van der Waals surface area contributed by atoms with E-state index in [2.05, 4.69) is 50.4 Å². The van der Waals surface area contributed by atoms with Gasteiger partial charge in [-0.25, -0.2) is 4.79 Å². The molecule has 29 heavy (non-hydrogen) atoms. The largest absolute Gasteiger partial charge is 0.492 e. The summed E-state index contributed by atoms with van der Waals surface area (Å²) in [6, 6.07) is 11.1. The van der Waals surface area contributed by atoms with Crippen molar-refractivity contribution >= 4 is 17.4 Å². The zero-order valence-corrected chi connectivity index (χ0v) is 17.5. The van der Waals surface area contributed by atoms with E-state index in [-0.39, 0.29) is 16.4 Å². The minimum atomic E-state index is -0.934. The number of nitrogens with zero attached hydrogens (tertiary/aromatic N) is 1. The highest BCUT2D eigenvalue weighted by molar-refractivity contribution is 6.04. The molecule has 0 aromatic heterocycles. The quantitative estimate of drug-likeness (QED) is 0.693. The fourth-order valence-corrected chi connectivity index (χ4v) is 4.27. The lowest BCUT2D eigenvalue weighted by Gasteiger charge is -2.42. The van der Waals surface area contributed by atoms with Crippen LogP contribution in [0.4, 0.5) is 5.69 Å². The van der Waals surface area contributed by atoms with Crippen molar-refractivity contribution in [3.05, 3.63) is 58.7 Å². The molecule has 0 saturated carbocycles. The van der Waals surface area contributed by atoms with Gasteiger partial charge in [0.2, 0.25) is 0 Å². The van der Waals surface area contributed by atoms with Crippen LogP contribution in [0.1, 0.15) is 74.0 Å². The molecule has 1 heterocycles. The van der Waals surface area contributed by atoms with Crippen molar-refractivity contribution in [3.8, 4) is 5.75 Å². The number of rotatable bonds is 3. The zero-order chi connectivity index (χ0) is 20.8. The van der Waals surface area contributed by atoms with E-state index in [0.29, 0.717) is 6.61 Å². The maximum Gasteiger partial charge on any atom is 0.335 e. The van der Waals surface area contributed by atoms with E-state index in [0.717, 1.165) is 35.6 Å². The van der Waals surface area contributed by atoms with Gasteiger partial charge in [0.1, 0.15) is 5.75 Å². The molecular weight excluding hydrogens is 364 g/mol. The normalized spacial score (nSPS) is 20.3. The fraction of sp³-hybridized carbons (Fsp3) is 0.417. The monoisotopic (exact) mass is 392 g/mol. The molecule has 0 atom stereocenters. The molecule has 2 aromatic carbocycles. The second kappa shape index (κ2) is 6.90. The Hall–Kier alpha value is -2.82. The molecule has 4 rings (SSSR count). The molecular formula is C24H28N2O3. The highest BCUT2D eigenvalue weighted by Crippen LogP contribution is 2.48. The summed E-state index contributed by atoms with van der Waals surface area (Å²) in [7, 11) is 0. The van der Waals surface area contributed by atoms with Crippen LogP contribution in [0, 0.1) is 0 Å². The first-order chi connectivity index (χ1) is 13.7. The second-order valence-electron chi connectivity index (χ2n) is 9.31. The molecule has 0 bridgehead atoms. The number of benzene rings is 2. The van der Waals surface area contributed by atoms with Crippen molar-refractivity contribution in [2.45, 2.75) is 57.8 Å². The molecule has 152 valence electrons. The molecule has 0 amide bonds. The Morgan fingerprint density at radius 3 is 2.28 bits per heavy atom. The minimum absolute atomic E-state index is 0.128. The first kappa shape index (κ1) is 19.5. The standard InChI is InChI=1S/C24H28N2O3/c1-23(2)10-11-24(3,4)19-14-21-17(13-18(19)23)20(9-12-29-21)26-25-16-7-5-15(6-8-16)22(27)28/h5-8,13-14,25H,9-12H2,1-4H3,(H,27,28)/b26-20+. The maximum atomic E-state index is 11.0. The van der Waals surface area contributed by atoms with Crippen molar-refractivity contribution in [1.29, 1.82) is 0 Å². The van der Waals surface area contributed by atoms with Gasteiger partial charge in [0.25, 0.3) is 0 Å². The van der Waals surface area contributed by atoms with E-state index in [4.69, 9.17) is 9.84 Å². The van der Waals surface area contributed by atoms with Gasteiger partial charge in [0.05, 0.1) is 23.6 Å². The van der Waals surface area contributed by atoms with Crippen molar-refractivity contribution < 1.29 is 14.6 Å². The molecule has 0 spiro atoms. The number of hydrogen-bond acceptors (Lipinski definition) is 4. The summed E-state index contributed by atoms with van der Waals surface area (Å²) in [4.78, 5) is 11.0. The van der Waals surface area contributed by atoms with Crippen LogP contribution in [-0.2, 0) is 10.8 Å². The van der Waals surface area contributed by atoms with Crippen molar-refractivity contribution in [1.82, 2.24) is 0 Å². The summed E-state index contributed by atoms with van der Waals surface area (Å²) in [5.41, 5.74) is 9.15. The number of carboxylic acid groups (broad SMARTS) is 1. The molecule has 2 aromatic rings. The number of carbonyl (C=O) groups is 1. The summed E-state index contributed by atoms with van der Waals surface area (Å²) in [5.74, 6) is -0.0286. The van der Waals surface area contributed by atoms with Crippen LogP contribution < -0.4 is 10.2 Å². The third-order valence-electron chi connectivity index (χ3n) is 6.31. The van der Waals surface area contributed by atoms with Crippen LogP contribution in [-0.4, -0.2) is 23.4 Å². The van der Waals surface area contributed by atoms with Crippen LogP contribution in [0.3, 0.4) is 0 Å². The maximum absolute atomic E-state index is 11.0. The van der Waals surface area contributed by atoms with Crippen molar-refractivity contribution in [3.63, 3.8) is 0 Å². The number of hydrazone groups is 1. The summed E-state index contributed by atoms with van der Waals surface area (Å²) < 4.78 is 6.00. The molecule has 2 aliphatic rings. The SMILES string of the molecule is CC1(C)CCC(C)(C)c2cc3c(cc21)OCC/C3=N\Nc1ccc(C(=O)O)cc1. The topological polar surface area (TPSA) is 70.9 Å². The molecule has 0 fully saturated rings. The van der Waals surface area contributed by atoms with E-state index >= 15 is 0 Å². The van der Waals surface area contributed by atoms with Crippen LogP contribution in [0.15, 0.2) is 41.5 Å². The van der Waals surface area contributed by atoms with Gasteiger partial charge in [-0.2, -0.15) is 5.10 Å². The minimum Gasteiger partial charge on any atom is -0.492 e. The van der Waals surface area contributed by atoms with E-state index in [1.54, 1.807) is 24.3 Å². The van der Waals surface area contributed by atoms with Gasteiger partial charge in [-0.1, -0.05) is 27.7 Å². The first-order valence-corrected chi connectivity index (χ1v) is 10.2. The molecule has 1 aliphatic heterocycles. The lowest BCUT2D eigenvalue weighted by atomic mass is 9.62. The summed E-state index contributed by atoms with van der Waals surface area (Å²) in [6.07, 6.45) is 3.06. The highest BCUT2D eigenvalue weighted by atomic mass is 16.5.